The lowest BCUT2D eigenvalue weighted by molar-refractivity contribution is 0.112. The number of hydrogen-bond acceptors (Lipinski definition) is 4. The molecule has 0 radical (unpaired) electrons. The number of hydrogen-bond donors (Lipinski definition) is 2. The Morgan fingerprint density at radius 2 is 1.88 bits per heavy atom. The molecule has 0 spiro atoms. The normalized spacial score (nSPS) is 13.9. The van der Waals surface area contributed by atoms with Crippen molar-refractivity contribution in [3.05, 3.63) is 41.0 Å². The molecule has 1 aromatic carbocycles. The second-order valence-electron chi connectivity index (χ2n) is 5.68. The molecule has 138 valence electrons. The van der Waals surface area contributed by atoms with Gasteiger partial charge in [0.15, 0.2) is 6.29 Å². The SMILES string of the molecule is CC.CNC1CCCCC1.Nc1cc(-c2cccc(F)c2)sc1C=O. The Morgan fingerprint density at radius 3 is 2.36 bits per heavy atom. The van der Waals surface area contributed by atoms with Crippen molar-refractivity contribution in [3.8, 4) is 10.4 Å². The molecule has 2 aromatic rings. The molecule has 1 saturated carbocycles. The number of thiophene rings is 1. The van der Waals surface area contributed by atoms with Gasteiger partial charge in [-0.1, -0.05) is 45.2 Å². The van der Waals surface area contributed by atoms with E-state index in [0.717, 1.165) is 16.5 Å². The zero-order valence-corrected chi connectivity index (χ0v) is 16.2. The third-order valence-corrected chi connectivity index (χ3v) is 5.15. The van der Waals surface area contributed by atoms with Crippen LogP contribution >= 0.6 is 11.3 Å². The van der Waals surface area contributed by atoms with Gasteiger partial charge in [-0.25, -0.2) is 4.39 Å². The van der Waals surface area contributed by atoms with Gasteiger partial charge >= 0.3 is 0 Å². The lowest BCUT2D eigenvalue weighted by Crippen LogP contribution is -2.26. The van der Waals surface area contributed by atoms with Gasteiger partial charge in [0.05, 0.1) is 10.6 Å². The molecular weight excluding hydrogens is 335 g/mol. The van der Waals surface area contributed by atoms with Crippen LogP contribution < -0.4 is 11.1 Å². The fourth-order valence-electron chi connectivity index (χ4n) is 2.69. The number of carbonyl (C=O) groups excluding carboxylic acids is 1. The molecular formula is C20H29FN2OS. The largest absolute Gasteiger partial charge is 0.397 e. The van der Waals surface area contributed by atoms with Crippen molar-refractivity contribution < 1.29 is 9.18 Å². The first-order valence-electron chi connectivity index (χ1n) is 8.91. The molecule has 0 aliphatic heterocycles. The minimum Gasteiger partial charge on any atom is -0.397 e. The number of carbonyl (C=O) groups is 1. The fraction of sp³-hybridized carbons (Fsp3) is 0.450. The first-order chi connectivity index (χ1) is 12.1. The number of rotatable bonds is 3. The number of benzene rings is 1. The van der Waals surface area contributed by atoms with E-state index in [2.05, 4.69) is 12.4 Å². The van der Waals surface area contributed by atoms with Crippen molar-refractivity contribution in [1.82, 2.24) is 5.32 Å². The summed E-state index contributed by atoms with van der Waals surface area (Å²) < 4.78 is 12.9. The number of halogens is 1. The Labute approximate surface area is 154 Å². The van der Waals surface area contributed by atoms with Crippen LogP contribution in [0.2, 0.25) is 0 Å². The number of nitrogens with two attached hydrogens (primary N) is 1. The highest BCUT2D eigenvalue weighted by Gasteiger charge is 2.09. The van der Waals surface area contributed by atoms with Crippen LogP contribution in [-0.4, -0.2) is 19.4 Å². The number of anilines is 1. The van der Waals surface area contributed by atoms with Gasteiger partial charge in [0.2, 0.25) is 0 Å². The molecule has 1 aliphatic carbocycles. The van der Waals surface area contributed by atoms with E-state index in [1.54, 1.807) is 18.2 Å². The number of nitrogen functional groups attached to an aromatic ring is 1. The van der Waals surface area contributed by atoms with Crippen molar-refractivity contribution >= 4 is 23.3 Å². The Bertz CT molecular complexity index is 636. The first-order valence-corrected chi connectivity index (χ1v) is 9.73. The van der Waals surface area contributed by atoms with Crippen LogP contribution in [0.1, 0.15) is 55.6 Å². The molecule has 5 heteroatoms. The molecule has 0 unspecified atom stereocenters. The Balaban J connectivity index is 0.000000264. The van der Waals surface area contributed by atoms with E-state index in [0.29, 0.717) is 16.9 Å². The van der Waals surface area contributed by atoms with Crippen LogP contribution in [0.5, 0.6) is 0 Å². The van der Waals surface area contributed by atoms with Gasteiger partial charge in [0.25, 0.3) is 0 Å². The number of nitrogens with one attached hydrogen (secondary N) is 1. The Morgan fingerprint density at radius 1 is 1.20 bits per heavy atom. The standard InChI is InChI=1S/C11H8FNOS.C7H15N.C2H6/c12-8-3-1-2-7(4-8)10-5-9(13)11(6-14)15-10;1-8-7-5-3-2-4-6-7;1-2/h1-6H,13H2;7-8H,2-6H2,1H3;1-2H3. The molecule has 1 aromatic heterocycles. The minimum absolute atomic E-state index is 0.299. The summed E-state index contributed by atoms with van der Waals surface area (Å²) in [7, 11) is 2.07. The van der Waals surface area contributed by atoms with Gasteiger partial charge in [-0.05, 0) is 43.7 Å². The lowest BCUT2D eigenvalue weighted by atomic mass is 9.96. The summed E-state index contributed by atoms with van der Waals surface area (Å²) >= 11 is 1.26. The average molecular weight is 365 g/mol. The van der Waals surface area contributed by atoms with Crippen molar-refractivity contribution in [1.29, 1.82) is 0 Å². The molecule has 0 saturated heterocycles. The molecule has 3 N–H and O–H groups in total. The summed E-state index contributed by atoms with van der Waals surface area (Å²) in [5.41, 5.74) is 6.79. The minimum atomic E-state index is -0.299. The second kappa shape index (κ2) is 11.8. The second-order valence-corrected chi connectivity index (χ2v) is 6.77. The average Bonchev–Trinajstić information content (AvgIpc) is 3.05. The van der Waals surface area contributed by atoms with Crippen molar-refractivity contribution in [2.24, 2.45) is 0 Å². The number of aldehydes is 1. The maximum atomic E-state index is 12.9. The maximum Gasteiger partial charge on any atom is 0.162 e. The molecule has 25 heavy (non-hydrogen) atoms. The summed E-state index contributed by atoms with van der Waals surface area (Å²) in [4.78, 5) is 11.9. The van der Waals surface area contributed by atoms with Crippen molar-refractivity contribution in [2.75, 3.05) is 12.8 Å². The summed E-state index contributed by atoms with van der Waals surface area (Å²) in [6, 6.07) is 8.72. The van der Waals surface area contributed by atoms with E-state index in [1.165, 1.54) is 55.6 Å². The Kier molecular flexibility index (Phi) is 10.0. The van der Waals surface area contributed by atoms with Gasteiger partial charge in [-0.2, -0.15) is 0 Å². The molecule has 1 heterocycles. The zero-order valence-electron chi connectivity index (χ0n) is 15.3. The van der Waals surface area contributed by atoms with Gasteiger partial charge in [-0.3, -0.25) is 4.79 Å². The third kappa shape index (κ3) is 6.96. The van der Waals surface area contributed by atoms with E-state index >= 15 is 0 Å². The zero-order chi connectivity index (χ0) is 18.7. The van der Waals surface area contributed by atoms with Crippen LogP contribution in [0, 0.1) is 5.82 Å². The predicted molar refractivity (Wildman–Crippen MR) is 107 cm³/mol. The van der Waals surface area contributed by atoms with E-state index in [4.69, 9.17) is 5.73 Å². The molecule has 1 fully saturated rings. The third-order valence-electron chi connectivity index (χ3n) is 4.02. The molecule has 0 atom stereocenters. The van der Waals surface area contributed by atoms with Gasteiger partial charge in [0, 0.05) is 10.9 Å². The maximum absolute atomic E-state index is 12.9. The van der Waals surface area contributed by atoms with Crippen molar-refractivity contribution in [3.63, 3.8) is 0 Å². The highest BCUT2D eigenvalue weighted by Crippen LogP contribution is 2.32. The molecule has 3 rings (SSSR count). The van der Waals surface area contributed by atoms with Gasteiger partial charge in [-0.15, -0.1) is 11.3 Å². The monoisotopic (exact) mass is 364 g/mol. The summed E-state index contributed by atoms with van der Waals surface area (Å²) in [6.45, 7) is 4.00. The first kappa shape index (κ1) is 21.3. The summed E-state index contributed by atoms with van der Waals surface area (Å²) in [5.74, 6) is -0.299. The van der Waals surface area contributed by atoms with Crippen LogP contribution in [-0.2, 0) is 0 Å². The van der Waals surface area contributed by atoms with Crippen molar-refractivity contribution in [2.45, 2.75) is 52.0 Å². The predicted octanol–water partition coefficient (Wildman–Crippen LogP) is 5.51. The van der Waals surface area contributed by atoms with Crippen LogP contribution in [0.4, 0.5) is 10.1 Å². The molecule has 0 amide bonds. The molecule has 1 aliphatic rings. The highest BCUT2D eigenvalue weighted by molar-refractivity contribution is 7.17. The fourth-order valence-corrected chi connectivity index (χ4v) is 3.58. The van der Waals surface area contributed by atoms with Crippen LogP contribution in [0.25, 0.3) is 10.4 Å². The van der Waals surface area contributed by atoms with E-state index in [-0.39, 0.29) is 5.82 Å². The van der Waals surface area contributed by atoms with Crippen LogP contribution in [0.3, 0.4) is 0 Å². The topological polar surface area (TPSA) is 55.1 Å². The smallest absolute Gasteiger partial charge is 0.162 e. The van der Waals surface area contributed by atoms with Gasteiger partial charge < -0.3 is 11.1 Å². The van der Waals surface area contributed by atoms with Crippen LogP contribution in [0.15, 0.2) is 30.3 Å². The van der Waals surface area contributed by atoms with Gasteiger partial charge in [0.1, 0.15) is 5.82 Å². The molecule has 3 nitrogen and oxygen atoms in total. The lowest BCUT2D eigenvalue weighted by Gasteiger charge is -2.20. The summed E-state index contributed by atoms with van der Waals surface area (Å²) in [5, 5.41) is 3.30. The highest BCUT2D eigenvalue weighted by atomic mass is 32.1. The molecule has 0 bridgehead atoms. The quantitative estimate of drug-likeness (QED) is 0.706. The van der Waals surface area contributed by atoms with E-state index in [1.807, 2.05) is 13.8 Å². The summed E-state index contributed by atoms with van der Waals surface area (Å²) in [6.07, 6.45) is 7.84. The van der Waals surface area contributed by atoms with E-state index < -0.39 is 0 Å². The van der Waals surface area contributed by atoms with E-state index in [9.17, 15) is 9.18 Å². The Hall–Kier alpha value is -1.72.